The summed E-state index contributed by atoms with van der Waals surface area (Å²) < 4.78 is 0. The van der Waals surface area contributed by atoms with Crippen molar-refractivity contribution in [2.24, 2.45) is 5.10 Å². The van der Waals surface area contributed by atoms with E-state index in [9.17, 15) is 4.79 Å². The fourth-order valence-electron chi connectivity index (χ4n) is 2.00. The molecule has 0 spiro atoms. The molecule has 2 rings (SSSR count). The number of anilines is 1. The van der Waals surface area contributed by atoms with Gasteiger partial charge in [0.2, 0.25) is 0 Å². The van der Waals surface area contributed by atoms with Crippen molar-refractivity contribution in [3.05, 3.63) is 42.1 Å². The number of carbonyl (C=O) groups excluding carboxylic acids is 1. The van der Waals surface area contributed by atoms with Gasteiger partial charge in [-0.2, -0.15) is 10.1 Å². The molecule has 1 aliphatic heterocycles. The first-order valence-corrected chi connectivity index (χ1v) is 6.58. The van der Waals surface area contributed by atoms with Gasteiger partial charge in [0, 0.05) is 19.3 Å². The van der Waals surface area contributed by atoms with Gasteiger partial charge in [-0.1, -0.05) is 18.2 Å². The molecule has 0 fully saturated rings. The van der Waals surface area contributed by atoms with E-state index in [2.05, 4.69) is 23.8 Å². The smallest absolute Gasteiger partial charge is 0.282 e. The molecule has 19 heavy (non-hydrogen) atoms. The van der Waals surface area contributed by atoms with E-state index in [1.165, 1.54) is 5.01 Å². The molecule has 100 valence electrons. The maximum atomic E-state index is 12.4. The summed E-state index contributed by atoms with van der Waals surface area (Å²) in [5.41, 5.74) is 2.24. The minimum atomic E-state index is -0.0596. The predicted octanol–water partition coefficient (Wildman–Crippen LogP) is 2.63. The number of nitrogens with zero attached hydrogens (tertiary/aromatic N) is 3. The minimum absolute atomic E-state index is 0.0596. The first kappa shape index (κ1) is 13.3. The molecular formula is C15H19N3O. The van der Waals surface area contributed by atoms with Crippen molar-refractivity contribution in [1.82, 2.24) is 4.90 Å². The number of hydrogen-bond acceptors (Lipinski definition) is 3. The third kappa shape index (κ3) is 2.67. The van der Waals surface area contributed by atoms with Crippen LogP contribution in [0.4, 0.5) is 5.69 Å². The molecule has 0 unspecified atom stereocenters. The van der Waals surface area contributed by atoms with Crippen LogP contribution < -0.4 is 5.01 Å². The summed E-state index contributed by atoms with van der Waals surface area (Å²) in [6.07, 6.45) is 1.91. The van der Waals surface area contributed by atoms with Crippen LogP contribution in [0.5, 0.6) is 0 Å². The predicted molar refractivity (Wildman–Crippen MR) is 78.0 cm³/mol. The van der Waals surface area contributed by atoms with Gasteiger partial charge in [0.15, 0.2) is 0 Å². The second-order valence-corrected chi connectivity index (χ2v) is 4.40. The quantitative estimate of drug-likeness (QED) is 0.777. The maximum absolute atomic E-state index is 12.4. The van der Waals surface area contributed by atoms with E-state index in [4.69, 9.17) is 0 Å². The second-order valence-electron chi connectivity index (χ2n) is 4.40. The van der Waals surface area contributed by atoms with Gasteiger partial charge in [-0.3, -0.25) is 4.79 Å². The Morgan fingerprint density at radius 3 is 2.42 bits per heavy atom. The molecule has 0 bridgehead atoms. The lowest BCUT2D eigenvalue weighted by Crippen LogP contribution is -2.24. The highest BCUT2D eigenvalue weighted by Crippen LogP contribution is 2.23. The largest absolute Gasteiger partial charge is 0.377 e. The summed E-state index contributed by atoms with van der Waals surface area (Å²) in [7, 11) is 0. The Labute approximate surface area is 114 Å². The highest BCUT2D eigenvalue weighted by Gasteiger charge is 2.28. The summed E-state index contributed by atoms with van der Waals surface area (Å²) in [4.78, 5) is 14.5. The van der Waals surface area contributed by atoms with E-state index in [1.807, 2.05) is 43.5 Å². The van der Waals surface area contributed by atoms with E-state index in [0.717, 1.165) is 24.5 Å². The van der Waals surface area contributed by atoms with Crippen LogP contribution in [0.2, 0.25) is 0 Å². The molecule has 0 N–H and O–H groups in total. The topological polar surface area (TPSA) is 35.9 Å². The average Bonchev–Trinajstić information content (AvgIpc) is 2.73. The zero-order valence-electron chi connectivity index (χ0n) is 11.6. The Balaban J connectivity index is 2.29. The highest BCUT2D eigenvalue weighted by atomic mass is 16.2. The van der Waals surface area contributed by atoms with E-state index in [0.29, 0.717) is 5.57 Å². The molecule has 0 aliphatic carbocycles. The van der Waals surface area contributed by atoms with Crippen LogP contribution in [-0.4, -0.2) is 29.6 Å². The highest BCUT2D eigenvalue weighted by molar-refractivity contribution is 6.29. The zero-order valence-corrected chi connectivity index (χ0v) is 11.6. The molecule has 4 heteroatoms. The summed E-state index contributed by atoms with van der Waals surface area (Å²) >= 11 is 0. The standard InChI is InChI=1S/C15H19N3O/c1-4-17(5-2)11-14-12(3)16-18(15(14)19)13-9-7-6-8-10-13/h6-11H,4-5H2,1-3H3. The summed E-state index contributed by atoms with van der Waals surface area (Å²) in [6.45, 7) is 7.77. The van der Waals surface area contributed by atoms with Crippen molar-refractivity contribution in [1.29, 1.82) is 0 Å². The molecule has 0 saturated carbocycles. The van der Waals surface area contributed by atoms with E-state index in [1.54, 1.807) is 0 Å². The van der Waals surface area contributed by atoms with Gasteiger partial charge in [-0.05, 0) is 32.9 Å². The maximum Gasteiger partial charge on any atom is 0.282 e. The Morgan fingerprint density at radius 1 is 1.21 bits per heavy atom. The molecule has 0 atom stereocenters. The van der Waals surface area contributed by atoms with Gasteiger partial charge >= 0.3 is 0 Å². The molecule has 4 nitrogen and oxygen atoms in total. The third-order valence-electron chi connectivity index (χ3n) is 3.19. The molecule has 0 radical (unpaired) electrons. The second kappa shape index (κ2) is 5.69. The van der Waals surface area contributed by atoms with Crippen LogP contribution >= 0.6 is 0 Å². The lowest BCUT2D eigenvalue weighted by atomic mass is 10.2. The van der Waals surface area contributed by atoms with Crippen molar-refractivity contribution in [3.8, 4) is 0 Å². The lowest BCUT2D eigenvalue weighted by Gasteiger charge is -2.16. The summed E-state index contributed by atoms with van der Waals surface area (Å²) in [5, 5.41) is 5.81. The summed E-state index contributed by atoms with van der Waals surface area (Å²) in [6, 6.07) is 9.50. The normalized spacial score (nSPS) is 17.0. The first-order chi connectivity index (χ1) is 9.17. The van der Waals surface area contributed by atoms with Crippen molar-refractivity contribution in [2.45, 2.75) is 20.8 Å². The van der Waals surface area contributed by atoms with Crippen molar-refractivity contribution in [2.75, 3.05) is 18.1 Å². The Bertz CT molecular complexity index is 515. The van der Waals surface area contributed by atoms with Gasteiger partial charge in [0.1, 0.15) is 0 Å². The Morgan fingerprint density at radius 2 is 1.84 bits per heavy atom. The zero-order chi connectivity index (χ0) is 13.8. The molecule has 1 amide bonds. The van der Waals surface area contributed by atoms with E-state index < -0.39 is 0 Å². The number of hydrogen-bond donors (Lipinski definition) is 0. The van der Waals surface area contributed by atoms with Gasteiger partial charge < -0.3 is 4.90 Å². The molecule has 1 aromatic rings. The molecule has 1 heterocycles. The van der Waals surface area contributed by atoms with Crippen LogP contribution in [0, 0.1) is 0 Å². The fourth-order valence-corrected chi connectivity index (χ4v) is 2.00. The van der Waals surface area contributed by atoms with Crippen molar-refractivity contribution in [3.63, 3.8) is 0 Å². The van der Waals surface area contributed by atoms with Gasteiger partial charge in [-0.15, -0.1) is 0 Å². The molecule has 0 saturated heterocycles. The van der Waals surface area contributed by atoms with Crippen LogP contribution in [0.1, 0.15) is 20.8 Å². The Hall–Kier alpha value is -2.10. The van der Waals surface area contributed by atoms with Gasteiger partial charge in [0.05, 0.1) is 17.0 Å². The first-order valence-electron chi connectivity index (χ1n) is 6.58. The number of rotatable bonds is 4. The lowest BCUT2D eigenvalue weighted by molar-refractivity contribution is -0.114. The van der Waals surface area contributed by atoms with Gasteiger partial charge in [-0.25, -0.2) is 0 Å². The van der Waals surface area contributed by atoms with Crippen molar-refractivity contribution >= 4 is 17.3 Å². The fraction of sp³-hybridized carbons (Fsp3) is 0.333. The number of amides is 1. The van der Waals surface area contributed by atoms with Crippen LogP contribution in [-0.2, 0) is 4.79 Å². The molecule has 1 aliphatic rings. The number of para-hydroxylation sites is 1. The number of benzene rings is 1. The van der Waals surface area contributed by atoms with Crippen LogP contribution in [0.25, 0.3) is 0 Å². The number of carbonyl (C=O) groups is 1. The third-order valence-corrected chi connectivity index (χ3v) is 3.19. The monoisotopic (exact) mass is 257 g/mol. The van der Waals surface area contributed by atoms with Crippen LogP contribution in [0.15, 0.2) is 47.2 Å². The van der Waals surface area contributed by atoms with Gasteiger partial charge in [0.25, 0.3) is 5.91 Å². The average molecular weight is 257 g/mol. The van der Waals surface area contributed by atoms with Crippen molar-refractivity contribution < 1.29 is 4.79 Å². The SMILES string of the molecule is CCN(C=C1C(=O)N(c2ccccc2)N=C1C)CC. The molecule has 1 aromatic carbocycles. The van der Waals surface area contributed by atoms with E-state index in [-0.39, 0.29) is 5.91 Å². The summed E-state index contributed by atoms with van der Waals surface area (Å²) in [5.74, 6) is -0.0596. The number of hydrazone groups is 1. The Kier molecular flexibility index (Phi) is 4.00. The molecule has 0 aromatic heterocycles. The molecular weight excluding hydrogens is 238 g/mol. The minimum Gasteiger partial charge on any atom is -0.377 e. The van der Waals surface area contributed by atoms with Crippen LogP contribution in [0.3, 0.4) is 0 Å². The van der Waals surface area contributed by atoms with E-state index >= 15 is 0 Å².